The summed E-state index contributed by atoms with van der Waals surface area (Å²) in [4.78, 5) is 7.08. The molecule has 1 aromatic heterocycles. The van der Waals surface area contributed by atoms with Gasteiger partial charge in [-0.05, 0) is 24.6 Å². The van der Waals surface area contributed by atoms with Crippen molar-refractivity contribution in [2.75, 3.05) is 6.54 Å². The minimum Gasteiger partial charge on any atom is -0.508 e. The maximum Gasteiger partial charge on any atom is 0.120 e. The molecule has 0 saturated carbocycles. The van der Waals surface area contributed by atoms with Gasteiger partial charge in [0.15, 0.2) is 0 Å². The Hall–Kier alpha value is -1.33. The highest BCUT2D eigenvalue weighted by Crippen LogP contribution is 2.29. The first-order chi connectivity index (χ1) is 9.20. The highest BCUT2D eigenvalue weighted by Gasteiger charge is 2.13. The molecule has 1 atom stereocenters. The lowest BCUT2D eigenvalue weighted by atomic mass is 10.0. The summed E-state index contributed by atoms with van der Waals surface area (Å²) >= 11 is 3.44. The smallest absolute Gasteiger partial charge is 0.120 e. The van der Waals surface area contributed by atoms with Crippen molar-refractivity contribution < 1.29 is 5.11 Å². The molecule has 0 aliphatic rings. The SMILES string of the molecule is CCC(NCCc1cnc[nH]1)c1cc(Br)ccc1O. The highest BCUT2D eigenvalue weighted by atomic mass is 79.9. The van der Waals surface area contributed by atoms with E-state index in [1.165, 1.54) is 0 Å². The molecule has 19 heavy (non-hydrogen) atoms. The molecule has 3 N–H and O–H groups in total. The molecule has 102 valence electrons. The number of aromatic amines is 1. The zero-order valence-electron chi connectivity index (χ0n) is 10.9. The summed E-state index contributed by atoms with van der Waals surface area (Å²) in [7, 11) is 0. The van der Waals surface area contributed by atoms with Gasteiger partial charge in [0.25, 0.3) is 0 Å². The molecule has 0 spiro atoms. The number of hydrogen-bond acceptors (Lipinski definition) is 3. The van der Waals surface area contributed by atoms with Gasteiger partial charge in [-0.1, -0.05) is 22.9 Å². The van der Waals surface area contributed by atoms with Crippen LogP contribution < -0.4 is 5.32 Å². The van der Waals surface area contributed by atoms with Gasteiger partial charge in [0.2, 0.25) is 0 Å². The molecule has 4 nitrogen and oxygen atoms in total. The van der Waals surface area contributed by atoms with Gasteiger partial charge in [-0.2, -0.15) is 0 Å². The lowest BCUT2D eigenvalue weighted by Gasteiger charge is -2.18. The second kappa shape index (κ2) is 6.73. The quantitative estimate of drug-likeness (QED) is 0.765. The first-order valence-electron chi connectivity index (χ1n) is 6.39. The summed E-state index contributed by atoms with van der Waals surface area (Å²) in [5.41, 5.74) is 2.04. The van der Waals surface area contributed by atoms with Gasteiger partial charge < -0.3 is 15.4 Å². The number of benzene rings is 1. The van der Waals surface area contributed by atoms with Crippen LogP contribution >= 0.6 is 15.9 Å². The van der Waals surface area contributed by atoms with E-state index < -0.39 is 0 Å². The summed E-state index contributed by atoms with van der Waals surface area (Å²) < 4.78 is 0.981. The Morgan fingerprint density at radius 2 is 2.32 bits per heavy atom. The summed E-state index contributed by atoms with van der Waals surface area (Å²) in [6.07, 6.45) is 5.34. The van der Waals surface area contributed by atoms with E-state index in [4.69, 9.17) is 0 Å². The Labute approximate surface area is 121 Å². The Kier molecular flexibility index (Phi) is 4.99. The van der Waals surface area contributed by atoms with Crippen molar-refractivity contribution in [3.63, 3.8) is 0 Å². The monoisotopic (exact) mass is 323 g/mol. The number of phenols is 1. The topological polar surface area (TPSA) is 60.9 Å². The third-order valence-corrected chi connectivity index (χ3v) is 3.61. The first kappa shape index (κ1) is 14.1. The molecule has 2 aromatic rings. The van der Waals surface area contributed by atoms with Crippen LogP contribution in [-0.2, 0) is 6.42 Å². The van der Waals surface area contributed by atoms with Crippen LogP contribution in [0.1, 0.15) is 30.6 Å². The van der Waals surface area contributed by atoms with Crippen LogP contribution in [0.5, 0.6) is 5.75 Å². The van der Waals surface area contributed by atoms with Crippen LogP contribution in [-0.4, -0.2) is 21.6 Å². The van der Waals surface area contributed by atoms with Crippen LogP contribution in [0.3, 0.4) is 0 Å². The Balaban J connectivity index is 1.97. The molecule has 0 bridgehead atoms. The minimum absolute atomic E-state index is 0.153. The van der Waals surface area contributed by atoms with Gasteiger partial charge in [-0.25, -0.2) is 4.98 Å². The van der Waals surface area contributed by atoms with Crippen molar-refractivity contribution in [2.45, 2.75) is 25.8 Å². The number of nitrogens with one attached hydrogen (secondary N) is 2. The Morgan fingerprint density at radius 1 is 1.47 bits per heavy atom. The van der Waals surface area contributed by atoms with Crippen LogP contribution in [0.4, 0.5) is 0 Å². The van der Waals surface area contributed by atoms with Gasteiger partial charge in [-0.3, -0.25) is 0 Å². The highest BCUT2D eigenvalue weighted by molar-refractivity contribution is 9.10. The fourth-order valence-electron chi connectivity index (χ4n) is 2.08. The third kappa shape index (κ3) is 3.81. The molecule has 0 radical (unpaired) electrons. The summed E-state index contributed by atoms with van der Waals surface area (Å²) in [6, 6.07) is 5.68. The van der Waals surface area contributed by atoms with Crippen LogP contribution in [0.25, 0.3) is 0 Å². The molecule has 2 rings (SSSR count). The number of H-pyrrole nitrogens is 1. The van der Waals surface area contributed by atoms with E-state index in [2.05, 4.69) is 38.1 Å². The Morgan fingerprint density at radius 3 is 3.00 bits per heavy atom. The molecule has 1 aromatic carbocycles. The van der Waals surface area contributed by atoms with E-state index >= 15 is 0 Å². The molecule has 0 amide bonds. The molecular weight excluding hydrogens is 306 g/mol. The maximum absolute atomic E-state index is 9.94. The number of aromatic hydroxyl groups is 1. The molecular formula is C14H18BrN3O. The number of imidazole rings is 1. The van der Waals surface area contributed by atoms with Gasteiger partial charge in [0.05, 0.1) is 6.33 Å². The number of rotatable bonds is 6. The van der Waals surface area contributed by atoms with Crippen molar-refractivity contribution >= 4 is 15.9 Å². The fourth-order valence-corrected chi connectivity index (χ4v) is 2.46. The molecule has 0 fully saturated rings. The van der Waals surface area contributed by atoms with E-state index in [1.54, 1.807) is 12.4 Å². The molecule has 0 aliphatic carbocycles. The molecule has 0 saturated heterocycles. The van der Waals surface area contributed by atoms with E-state index in [-0.39, 0.29) is 6.04 Å². The molecule has 5 heteroatoms. The number of halogens is 1. The van der Waals surface area contributed by atoms with E-state index in [9.17, 15) is 5.11 Å². The number of nitrogens with zero attached hydrogens (tertiary/aromatic N) is 1. The van der Waals surface area contributed by atoms with Gasteiger partial charge in [-0.15, -0.1) is 0 Å². The van der Waals surface area contributed by atoms with Crippen molar-refractivity contribution in [1.29, 1.82) is 0 Å². The predicted molar refractivity (Wildman–Crippen MR) is 79.1 cm³/mol. The average molecular weight is 324 g/mol. The van der Waals surface area contributed by atoms with Gasteiger partial charge >= 0.3 is 0 Å². The van der Waals surface area contributed by atoms with E-state index in [1.807, 2.05) is 18.3 Å². The number of hydrogen-bond donors (Lipinski definition) is 3. The lowest BCUT2D eigenvalue weighted by Crippen LogP contribution is -2.23. The van der Waals surface area contributed by atoms with Crippen molar-refractivity contribution in [3.8, 4) is 5.75 Å². The zero-order chi connectivity index (χ0) is 13.7. The van der Waals surface area contributed by atoms with Crippen LogP contribution in [0, 0.1) is 0 Å². The fraction of sp³-hybridized carbons (Fsp3) is 0.357. The van der Waals surface area contributed by atoms with Gasteiger partial charge in [0.1, 0.15) is 5.75 Å². The Bertz CT molecular complexity index is 513. The van der Waals surface area contributed by atoms with E-state index in [0.717, 1.165) is 35.1 Å². The second-order valence-corrected chi connectivity index (χ2v) is 5.36. The molecule has 1 unspecified atom stereocenters. The predicted octanol–water partition coefficient (Wildman–Crippen LogP) is 3.16. The number of phenolic OH excluding ortho intramolecular Hbond substituents is 1. The van der Waals surface area contributed by atoms with Crippen LogP contribution in [0.2, 0.25) is 0 Å². The molecule has 0 aliphatic heterocycles. The average Bonchev–Trinajstić information content (AvgIpc) is 2.91. The summed E-state index contributed by atoms with van der Waals surface area (Å²) in [6.45, 7) is 2.95. The minimum atomic E-state index is 0.153. The van der Waals surface area contributed by atoms with Crippen molar-refractivity contribution in [1.82, 2.24) is 15.3 Å². The van der Waals surface area contributed by atoms with Crippen molar-refractivity contribution in [2.24, 2.45) is 0 Å². The normalized spacial score (nSPS) is 12.5. The van der Waals surface area contributed by atoms with Gasteiger partial charge in [0, 0.05) is 40.9 Å². The summed E-state index contributed by atoms with van der Waals surface area (Å²) in [5, 5.41) is 13.4. The maximum atomic E-state index is 9.94. The summed E-state index contributed by atoms with van der Waals surface area (Å²) in [5.74, 6) is 0.337. The largest absolute Gasteiger partial charge is 0.508 e. The zero-order valence-corrected chi connectivity index (χ0v) is 12.4. The number of aromatic nitrogens is 2. The van der Waals surface area contributed by atoms with Crippen molar-refractivity contribution in [3.05, 3.63) is 46.5 Å². The second-order valence-electron chi connectivity index (χ2n) is 4.44. The standard InChI is InChI=1S/C14H18BrN3O/c1-2-13(12-7-10(15)3-4-14(12)19)17-6-5-11-8-16-9-18-11/h3-4,7-9,13,17,19H,2,5-6H2,1H3,(H,16,18). The first-order valence-corrected chi connectivity index (χ1v) is 7.19. The van der Waals surface area contributed by atoms with Crippen LogP contribution in [0.15, 0.2) is 35.2 Å². The lowest BCUT2D eigenvalue weighted by molar-refractivity contribution is 0.442. The molecule has 1 heterocycles. The van der Waals surface area contributed by atoms with E-state index in [0.29, 0.717) is 5.75 Å². The third-order valence-electron chi connectivity index (χ3n) is 3.11.